The summed E-state index contributed by atoms with van der Waals surface area (Å²) < 4.78 is 2.14. The molecular formula is C9H16N2. The van der Waals surface area contributed by atoms with E-state index >= 15 is 0 Å². The predicted molar refractivity (Wildman–Crippen MR) is 47.4 cm³/mol. The van der Waals surface area contributed by atoms with Crippen LogP contribution in [0.4, 0.5) is 0 Å². The van der Waals surface area contributed by atoms with Gasteiger partial charge in [0.05, 0.1) is 0 Å². The molecule has 1 aromatic rings. The average molecular weight is 152 g/mol. The molecule has 0 aromatic carbocycles. The molecule has 2 heteroatoms. The Hall–Kier alpha value is -0.760. The molecule has 0 saturated heterocycles. The first-order chi connectivity index (χ1) is 5.20. The summed E-state index contributed by atoms with van der Waals surface area (Å²) in [7, 11) is 2.07. The zero-order chi connectivity index (χ0) is 8.27. The third kappa shape index (κ3) is 2.39. The molecule has 0 fully saturated rings. The van der Waals surface area contributed by atoms with Crippen LogP contribution < -0.4 is 5.73 Å². The Morgan fingerprint density at radius 3 is 2.82 bits per heavy atom. The van der Waals surface area contributed by atoms with Gasteiger partial charge in [-0.05, 0) is 31.9 Å². The molecule has 0 spiro atoms. The summed E-state index contributed by atoms with van der Waals surface area (Å²) in [6.07, 6.45) is 4.22. The van der Waals surface area contributed by atoms with E-state index in [1.807, 2.05) is 6.92 Å². The van der Waals surface area contributed by atoms with Gasteiger partial charge < -0.3 is 10.3 Å². The molecule has 0 bridgehead atoms. The first kappa shape index (κ1) is 8.34. The SMILES string of the molecule is C[C@@H](N)CCc1cccn1C. The van der Waals surface area contributed by atoms with Crippen LogP contribution in [0.3, 0.4) is 0 Å². The first-order valence-electron chi connectivity index (χ1n) is 4.06. The van der Waals surface area contributed by atoms with Crippen LogP contribution in [0, 0.1) is 0 Å². The van der Waals surface area contributed by atoms with E-state index in [-0.39, 0.29) is 0 Å². The van der Waals surface area contributed by atoms with Crippen LogP contribution >= 0.6 is 0 Å². The van der Waals surface area contributed by atoms with E-state index in [1.165, 1.54) is 5.69 Å². The van der Waals surface area contributed by atoms with Gasteiger partial charge in [-0.3, -0.25) is 0 Å². The molecule has 1 rings (SSSR count). The minimum atomic E-state index is 0.310. The zero-order valence-corrected chi connectivity index (χ0v) is 7.25. The maximum absolute atomic E-state index is 5.65. The Balaban J connectivity index is 2.44. The van der Waals surface area contributed by atoms with Gasteiger partial charge in [-0.25, -0.2) is 0 Å². The highest BCUT2D eigenvalue weighted by atomic mass is 14.9. The molecule has 11 heavy (non-hydrogen) atoms. The number of rotatable bonds is 3. The lowest BCUT2D eigenvalue weighted by Crippen LogP contribution is -2.15. The first-order valence-corrected chi connectivity index (χ1v) is 4.06. The maximum atomic E-state index is 5.65. The fourth-order valence-corrected chi connectivity index (χ4v) is 1.13. The summed E-state index contributed by atoms with van der Waals surface area (Å²) in [4.78, 5) is 0. The van der Waals surface area contributed by atoms with Crippen molar-refractivity contribution in [2.45, 2.75) is 25.8 Å². The Labute approximate surface area is 68.0 Å². The summed E-state index contributed by atoms with van der Waals surface area (Å²) >= 11 is 0. The Bertz CT molecular complexity index is 213. The fraction of sp³-hybridized carbons (Fsp3) is 0.556. The highest BCUT2D eigenvalue weighted by Crippen LogP contribution is 2.03. The second kappa shape index (κ2) is 3.58. The predicted octanol–water partition coefficient (Wildman–Crippen LogP) is 1.30. The average Bonchev–Trinajstić information content (AvgIpc) is 2.31. The quantitative estimate of drug-likeness (QED) is 0.695. The van der Waals surface area contributed by atoms with Gasteiger partial charge in [0.15, 0.2) is 0 Å². The molecule has 0 amide bonds. The Kier molecular flexibility index (Phi) is 2.71. The van der Waals surface area contributed by atoms with Crippen LogP contribution in [0.1, 0.15) is 19.0 Å². The van der Waals surface area contributed by atoms with E-state index in [0.29, 0.717) is 6.04 Å². The molecule has 0 saturated carbocycles. The maximum Gasteiger partial charge on any atom is 0.0172 e. The molecule has 0 radical (unpaired) electrons. The number of hydrogen-bond acceptors (Lipinski definition) is 1. The molecule has 0 aliphatic carbocycles. The molecule has 2 nitrogen and oxygen atoms in total. The molecule has 0 aliphatic heterocycles. The third-order valence-corrected chi connectivity index (χ3v) is 1.91. The zero-order valence-electron chi connectivity index (χ0n) is 7.25. The number of aromatic nitrogens is 1. The molecule has 1 aromatic heterocycles. The van der Waals surface area contributed by atoms with Crippen molar-refractivity contribution in [3.63, 3.8) is 0 Å². The molecule has 0 aliphatic rings. The van der Waals surface area contributed by atoms with Crippen LogP contribution in [-0.2, 0) is 13.5 Å². The van der Waals surface area contributed by atoms with Crippen molar-refractivity contribution in [2.75, 3.05) is 0 Å². The summed E-state index contributed by atoms with van der Waals surface area (Å²) in [5.74, 6) is 0. The van der Waals surface area contributed by atoms with E-state index in [4.69, 9.17) is 5.73 Å². The standard InChI is InChI=1S/C9H16N2/c1-8(10)5-6-9-4-3-7-11(9)2/h3-4,7-8H,5-6,10H2,1-2H3/t8-/m1/s1. The normalized spacial score (nSPS) is 13.4. The topological polar surface area (TPSA) is 30.9 Å². The van der Waals surface area contributed by atoms with Gasteiger partial charge in [-0.1, -0.05) is 0 Å². The van der Waals surface area contributed by atoms with Gasteiger partial charge in [0.25, 0.3) is 0 Å². The van der Waals surface area contributed by atoms with Gasteiger partial charge in [0.2, 0.25) is 0 Å². The van der Waals surface area contributed by atoms with Crippen molar-refractivity contribution in [2.24, 2.45) is 12.8 Å². The number of hydrogen-bond donors (Lipinski definition) is 1. The highest BCUT2D eigenvalue weighted by molar-refractivity contribution is 5.06. The van der Waals surface area contributed by atoms with Crippen molar-refractivity contribution in [1.29, 1.82) is 0 Å². The van der Waals surface area contributed by atoms with Gasteiger partial charge in [-0.15, -0.1) is 0 Å². The molecular weight excluding hydrogens is 136 g/mol. The third-order valence-electron chi connectivity index (χ3n) is 1.91. The summed E-state index contributed by atoms with van der Waals surface area (Å²) in [5, 5.41) is 0. The van der Waals surface area contributed by atoms with E-state index in [1.54, 1.807) is 0 Å². The van der Waals surface area contributed by atoms with Crippen molar-refractivity contribution in [3.8, 4) is 0 Å². The molecule has 62 valence electrons. The monoisotopic (exact) mass is 152 g/mol. The van der Waals surface area contributed by atoms with E-state index in [2.05, 4.69) is 29.9 Å². The van der Waals surface area contributed by atoms with Gasteiger partial charge in [-0.2, -0.15) is 0 Å². The summed E-state index contributed by atoms with van der Waals surface area (Å²) in [5.41, 5.74) is 7.01. The Morgan fingerprint density at radius 2 is 2.36 bits per heavy atom. The van der Waals surface area contributed by atoms with Crippen molar-refractivity contribution in [3.05, 3.63) is 24.0 Å². The number of nitrogens with two attached hydrogens (primary N) is 1. The van der Waals surface area contributed by atoms with Crippen LogP contribution in [0.5, 0.6) is 0 Å². The van der Waals surface area contributed by atoms with Gasteiger partial charge >= 0.3 is 0 Å². The smallest absolute Gasteiger partial charge is 0.0172 e. The Morgan fingerprint density at radius 1 is 1.64 bits per heavy atom. The lowest BCUT2D eigenvalue weighted by molar-refractivity contribution is 0.644. The molecule has 1 atom stereocenters. The minimum Gasteiger partial charge on any atom is -0.354 e. The fourth-order valence-electron chi connectivity index (χ4n) is 1.13. The lowest BCUT2D eigenvalue weighted by atomic mass is 10.1. The van der Waals surface area contributed by atoms with Crippen molar-refractivity contribution < 1.29 is 0 Å². The second-order valence-corrected chi connectivity index (χ2v) is 3.13. The van der Waals surface area contributed by atoms with Crippen molar-refractivity contribution >= 4 is 0 Å². The molecule has 0 unspecified atom stereocenters. The number of nitrogens with zero attached hydrogens (tertiary/aromatic N) is 1. The minimum absolute atomic E-state index is 0.310. The second-order valence-electron chi connectivity index (χ2n) is 3.13. The summed E-state index contributed by atoms with van der Waals surface area (Å²) in [6, 6.07) is 4.52. The van der Waals surface area contributed by atoms with Crippen LogP contribution in [0.15, 0.2) is 18.3 Å². The van der Waals surface area contributed by atoms with Crippen LogP contribution in [0.25, 0.3) is 0 Å². The van der Waals surface area contributed by atoms with Crippen LogP contribution in [-0.4, -0.2) is 10.6 Å². The van der Waals surface area contributed by atoms with E-state index in [9.17, 15) is 0 Å². The lowest BCUT2D eigenvalue weighted by Gasteiger charge is -2.05. The van der Waals surface area contributed by atoms with Gasteiger partial charge in [0.1, 0.15) is 0 Å². The molecule has 1 heterocycles. The largest absolute Gasteiger partial charge is 0.354 e. The van der Waals surface area contributed by atoms with Crippen LogP contribution in [0.2, 0.25) is 0 Å². The van der Waals surface area contributed by atoms with E-state index in [0.717, 1.165) is 12.8 Å². The summed E-state index contributed by atoms with van der Waals surface area (Å²) in [6.45, 7) is 2.04. The number of aryl methyl sites for hydroxylation is 2. The highest BCUT2D eigenvalue weighted by Gasteiger charge is 1.98. The van der Waals surface area contributed by atoms with Gasteiger partial charge in [0, 0.05) is 25.0 Å². The van der Waals surface area contributed by atoms with Crippen molar-refractivity contribution in [1.82, 2.24) is 4.57 Å². The molecule has 2 N–H and O–H groups in total. The van der Waals surface area contributed by atoms with E-state index < -0.39 is 0 Å².